The highest BCUT2D eigenvalue weighted by Gasteiger charge is 2.10. The van der Waals surface area contributed by atoms with Crippen LogP contribution in [0.2, 0.25) is 0 Å². The number of benzene rings is 1. The summed E-state index contributed by atoms with van der Waals surface area (Å²) in [5.41, 5.74) is 2.43. The van der Waals surface area contributed by atoms with E-state index in [4.69, 9.17) is 9.47 Å². The molecule has 0 amide bonds. The molecule has 1 saturated heterocycles. The van der Waals surface area contributed by atoms with Gasteiger partial charge in [0.1, 0.15) is 5.75 Å². The summed E-state index contributed by atoms with van der Waals surface area (Å²) in [5, 5.41) is 8.97. The van der Waals surface area contributed by atoms with E-state index in [9.17, 15) is 0 Å². The monoisotopic (exact) mass is 388 g/mol. The van der Waals surface area contributed by atoms with Crippen molar-refractivity contribution in [1.82, 2.24) is 15.5 Å². The summed E-state index contributed by atoms with van der Waals surface area (Å²) in [6, 6.07) is 10.4. The number of methoxy groups -OCH3 is 1. The summed E-state index contributed by atoms with van der Waals surface area (Å²) in [6.07, 6.45) is 0. The molecule has 1 aliphatic heterocycles. The van der Waals surface area contributed by atoms with Gasteiger partial charge in [0.05, 0.1) is 26.9 Å². The standard InChI is InChI=1S/C20H28N4O2S/c1-21-20(22-7-8-24-9-11-26-12-10-24)23-14-19-13-17(15-27-19)16-3-5-18(25-2)6-4-16/h3-6,13,15H,7-12,14H2,1-2H3,(H2,21,22,23). The fraction of sp³-hybridized carbons (Fsp3) is 0.450. The van der Waals surface area contributed by atoms with Crippen LogP contribution in [-0.2, 0) is 11.3 Å². The van der Waals surface area contributed by atoms with Crippen molar-refractivity contribution in [2.24, 2.45) is 4.99 Å². The van der Waals surface area contributed by atoms with Crippen LogP contribution in [0.15, 0.2) is 40.7 Å². The van der Waals surface area contributed by atoms with E-state index in [1.807, 2.05) is 12.1 Å². The number of guanidine groups is 1. The Morgan fingerprint density at radius 2 is 1.96 bits per heavy atom. The molecule has 2 heterocycles. The number of morpholine rings is 1. The van der Waals surface area contributed by atoms with Gasteiger partial charge in [0, 0.05) is 38.1 Å². The molecule has 7 heteroatoms. The van der Waals surface area contributed by atoms with Crippen LogP contribution in [0.1, 0.15) is 4.88 Å². The molecule has 1 aliphatic rings. The van der Waals surface area contributed by atoms with Crippen molar-refractivity contribution in [3.63, 3.8) is 0 Å². The van der Waals surface area contributed by atoms with E-state index in [-0.39, 0.29) is 0 Å². The van der Waals surface area contributed by atoms with Gasteiger partial charge in [0.25, 0.3) is 0 Å². The van der Waals surface area contributed by atoms with Gasteiger partial charge in [-0.2, -0.15) is 0 Å². The molecule has 0 unspecified atom stereocenters. The minimum absolute atomic E-state index is 0.762. The molecule has 1 fully saturated rings. The molecule has 6 nitrogen and oxygen atoms in total. The minimum Gasteiger partial charge on any atom is -0.497 e. The Hall–Kier alpha value is -2.09. The third kappa shape index (κ3) is 5.95. The maximum absolute atomic E-state index is 5.38. The molecule has 2 aromatic rings. The third-order valence-corrected chi connectivity index (χ3v) is 5.49. The molecule has 27 heavy (non-hydrogen) atoms. The fourth-order valence-corrected chi connectivity index (χ4v) is 3.79. The largest absolute Gasteiger partial charge is 0.497 e. The molecule has 0 bridgehead atoms. The van der Waals surface area contributed by atoms with Crippen LogP contribution in [0.25, 0.3) is 11.1 Å². The Labute approximate surface area is 165 Å². The van der Waals surface area contributed by atoms with Gasteiger partial charge < -0.3 is 20.1 Å². The predicted molar refractivity (Wildman–Crippen MR) is 112 cm³/mol. The molecule has 146 valence electrons. The zero-order valence-corrected chi connectivity index (χ0v) is 16.8. The first-order chi connectivity index (χ1) is 13.3. The summed E-state index contributed by atoms with van der Waals surface area (Å²) >= 11 is 1.75. The second-order valence-electron chi connectivity index (χ2n) is 6.34. The first-order valence-corrected chi connectivity index (χ1v) is 10.1. The van der Waals surface area contributed by atoms with Gasteiger partial charge in [0.15, 0.2) is 5.96 Å². The number of nitrogens with one attached hydrogen (secondary N) is 2. The van der Waals surface area contributed by atoms with Gasteiger partial charge in [-0.25, -0.2) is 0 Å². The predicted octanol–water partition coefficient (Wildman–Crippen LogP) is 2.42. The smallest absolute Gasteiger partial charge is 0.191 e. The lowest BCUT2D eigenvalue weighted by Crippen LogP contribution is -2.44. The number of rotatable bonds is 7. The molecular formula is C20H28N4O2S. The number of aliphatic imine (C=N–C) groups is 1. The number of nitrogens with zero attached hydrogens (tertiary/aromatic N) is 2. The van der Waals surface area contributed by atoms with Gasteiger partial charge in [-0.15, -0.1) is 11.3 Å². The van der Waals surface area contributed by atoms with Crippen molar-refractivity contribution in [3.05, 3.63) is 40.6 Å². The first-order valence-electron chi connectivity index (χ1n) is 9.25. The summed E-state index contributed by atoms with van der Waals surface area (Å²) in [4.78, 5) is 7.99. The second kappa shape index (κ2) is 10.3. The lowest BCUT2D eigenvalue weighted by Gasteiger charge is -2.26. The summed E-state index contributed by atoms with van der Waals surface area (Å²) in [6.45, 7) is 6.34. The van der Waals surface area contributed by atoms with Crippen LogP contribution in [0.5, 0.6) is 5.75 Å². The SMILES string of the molecule is CN=C(NCCN1CCOCC1)NCc1cc(-c2ccc(OC)cc2)cs1. The van der Waals surface area contributed by atoms with Crippen molar-refractivity contribution >= 4 is 17.3 Å². The van der Waals surface area contributed by atoms with Crippen LogP contribution in [0, 0.1) is 0 Å². The van der Waals surface area contributed by atoms with Crippen molar-refractivity contribution in [2.75, 3.05) is 53.6 Å². The van der Waals surface area contributed by atoms with Crippen molar-refractivity contribution in [2.45, 2.75) is 6.54 Å². The average molecular weight is 389 g/mol. The van der Waals surface area contributed by atoms with Crippen LogP contribution in [0.3, 0.4) is 0 Å². The summed E-state index contributed by atoms with van der Waals surface area (Å²) in [7, 11) is 3.49. The molecule has 1 aromatic heterocycles. The average Bonchev–Trinajstić information content (AvgIpc) is 3.20. The quantitative estimate of drug-likeness (QED) is 0.564. The highest BCUT2D eigenvalue weighted by atomic mass is 32.1. The Balaban J connectivity index is 1.44. The number of hydrogen-bond acceptors (Lipinski definition) is 5. The van der Waals surface area contributed by atoms with Crippen LogP contribution in [0.4, 0.5) is 0 Å². The van der Waals surface area contributed by atoms with Crippen molar-refractivity contribution in [3.8, 4) is 16.9 Å². The third-order valence-electron chi connectivity index (χ3n) is 4.55. The van der Waals surface area contributed by atoms with E-state index in [1.54, 1.807) is 25.5 Å². The van der Waals surface area contributed by atoms with Gasteiger partial charge in [-0.3, -0.25) is 9.89 Å². The lowest BCUT2D eigenvalue weighted by atomic mass is 10.1. The van der Waals surface area contributed by atoms with Crippen molar-refractivity contribution in [1.29, 1.82) is 0 Å². The van der Waals surface area contributed by atoms with Crippen LogP contribution >= 0.6 is 11.3 Å². The van der Waals surface area contributed by atoms with Crippen molar-refractivity contribution < 1.29 is 9.47 Å². The molecule has 0 atom stereocenters. The molecule has 3 rings (SSSR count). The molecule has 0 aliphatic carbocycles. The molecule has 0 spiro atoms. The normalized spacial score (nSPS) is 15.6. The molecule has 0 radical (unpaired) electrons. The number of thiophene rings is 1. The van der Waals surface area contributed by atoms with E-state index in [0.717, 1.165) is 57.6 Å². The lowest BCUT2D eigenvalue weighted by molar-refractivity contribution is 0.0389. The zero-order valence-electron chi connectivity index (χ0n) is 16.0. The summed E-state index contributed by atoms with van der Waals surface area (Å²) < 4.78 is 10.6. The van der Waals surface area contributed by atoms with E-state index >= 15 is 0 Å². The fourth-order valence-electron chi connectivity index (χ4n) is 2.96. The van der Waals surface area contributed by atoms with Gasteiger partial charge in [-0.1, -0.05) is 12.1 Å². The molecule has 2 N–H and O–H groups in total. The van der Waals surface area contributed by atoms with Gasteiger partial charge >= 0.3 is 0 Å². The molecular weight excluding hydrogens is 360 g/mol. The highest BCUT2D eigenvalue weighted by Crippen LogP contribution is 2.27. The zero-order chi connectivity index (χ0) is 18.9. The van der Waals surface area contributed by atoms with Gasteiger partial charge in [-0.05, 0) is 34.7 Å². The van der Waals surface area contributed by atoms with E-state index in [2.05, 4.69) is 44.1 Å². The minimum atomic E-state index is 0.762. The number of hydrogen-bond donors (Lipinski definition) is 2. The maximum atomic E-state index is 5.38. The van der Waals surface area contributed by atoms with Gasteiger partial charge in [0.2, 0.25) is 0 Å². The maximum Gasteiger partial charge on any atom is 0.191 e. The van der Waals surface area contributed by atoms with Crippen LogP contribution < -0.4 is 15.4 Å². The summed E-state index contributed by atoms with van der Waals surface area (Å²) in [5.74, 6) is 1.71. The first kappa shape index (κ1) is 19.7. The molecule has 0 saturated carbocycles. The topological polar surface area (TPSA) is 58.1 Å². The van der Waals surface area contributed by atoms with E-state index in [0.29, 0.717) is 0 Å². The number of ether oxygens (including phenoxy) is 2. The molecule has 1 aromatic carbocycles. The Morgan fingerprint density at radius 1 is 1.19 bits per heavy atom. The Kier molecular flexibility index (Phi) is 7.50. The Bertz CT molecular complexity index is 724. The highest BCUT2D eigenvalue weighted by molar-refractivity contribution is 7.10. The van der Waals surface area contributed by atoms with E-state index in [1.165, 1.54) is 16.0 Å². The second-order valence-corrected chi connectivity index (χ2v) is 7.33. The van der Waals surface area contributed by atoms with Crippen LogP contribution in [-0.4, -0.2) is 64.4 Å². The van der Waals surface area contributed by atoms with E-state index < -0.39 is 0 Å². The Morgan fingerprint density at radius 3 is 2.67 bits per heavy atom.